The molecule has 4 rings (SSSR count). The summed E-state index contributed by atoms with van der Waals surface area (Å²) < 4.78 is 0. The van der Waals surface area contributed by atoms with Gasteiger partial charge < -0.3 is 10.2 Å². The summed E-state index contributed by atoms with van der Waals surface area (Å²) in [6.45, 7) is 1.91. The Labute approximate surface area is 151 Å². The average Bonchev–Trinajstić information content (AvgIpc) is 2.68. The summed E-state index contributed by atoms with van der Waals surface area (Å²) in [6.07, 6.45) is 10.2. The number of likely N-dealkylation sites (tertiary alicyclic amines) is 1. The molecule has 7 nitrogen and oxygen atoms in total. The number of amides is 1. The number of hydrogen-bond acceptors (Lipinski definition) is 6. The minimum atomic E-state index is 0.0444. The molecule has 0 unspecified atom stereocenters. The Morgan fingerprint density at radius 2 is 1.92 bits per heavy atom. The maximum Gasteiger partial charge on any atom is 0.228 e. The molecule has 0 spiro atoms. The van der Waals surface area contributed by atoms with E-state index in [0.29, 0.717) is 5.82 Å². The number of piperidine rings is 1. The second kappa shape index (κ2) is 7.13. The number of hydrogen-bond donors (Lipinski definition) is 1. The lowest BCUT2D eigenvalue weighted by Crippen LogP contribution is -2.36. The zero-order chi connectivity index (χ0) is 17.9. The first-order valence-corrected chi connectivity index (χ1v) is 8.70. The number of carbonyl (C=O) groups excluding carboxylic acids is 1. The Balaban J connectivity index is 1.55. The Hall–Kier alpha value is -2.93. The van der Waals surface area contributed by atoms with Crippen molar-refractivity contribution in [2.45, 2.75) is 12.8 Å². The number of nitrogens with zero attached hydrogens (tertiary/aromatic N) is 5. The molecule has 0 atom stereocenters. The van der Waals surface area contributed by atoms with Crippen LogP contribution in [0, 0.1) is 5.92 Å². The lowest BCUT2D eigenvalue weighted by atomic mass is 9.96. The molecule has 0 saturated carbocycles. The smallest absolute Gasteiger partial charge is 0.228 e. The van der Waals surface area contributed by atoms with Gasteiger partial charge in [-0.15, -0.1) is 0 Å². The van der Waals surface area contributed by atoms with E-state index in [1.54, 1.807) is 31.0 Å². The van der Waals surface area contributed by atoms with Gasteiger partial charge in [0.05, 0.1) is 23.6 Å². The van der Waals surface area contributed by atoms with Crippen molar-refractivity contribution in [1.82, 2.24) is 24.8 Å². The summed E-state index contributed by atoms with van der Waals surface area (Å²) in [5.41, 5.74) is 2.41. The highest BCUT2D eigenvalue weighted by molar-refractivity contribution is 5.94. The van der Waals surface area contributed by atoms with E-state index in [4.69, 9.17) is 0 Å². The van der Waals surface area contributed by atoms with E-state index in [1.807, 2.05) is 12.1 Å². The van der Waals surface area contributed by atoms with Crippen LogP contribution in [0.4, 0.5) is 5.82 Å². The number of rotatable bonds is 3. The zero-order valence-corrected chi connectivity index (χ0v) is 14.6. The van der Waals surface area contributed by atoms with E-state index >= 15 is 0 Å². The molecule has 1 aliphatic rings. The third-order valence-electron chi connectivity index (χ3n) is 4.77. The van der Waals surface area contributed by atoms with Gasteiger partial charge in [-0.1, -0.05) is 0 Å². The predicted molar refractivity (Wildman–Crippen MR) is 99.4 cm³/mol. The van der Waals surface area contributed by atoms with Gasteiger partial charge >= 0.3 is 0 Å². The van der Waals surface area contributed by atoms with Crippen LogP contribution in [0.15, 0.2) is 43.1 Å². The molecule has 0 radical (unpaired) electrons. The number of pyridine rings is 2. The van der Waals surface area contributed by atoms with Crippen LogP contribution in [0.5, 0.6) is 0 Å². The van der Waals surface area contributed by atoms with Crippen LogP contribution in [0.3, 0.4) is 0 Å². The molecule has 1 saturated heterocycles. The summed E-state index contributed by atoms with van der Waals surface area (Å²) >= 11 is 0. The first-order valence-electron chi connectivity index (χ1n) is 8.70. The quantitative estimate of drug-likeness (QED) is 0.782. The third kappa shape index (κ3) is 3.52. The molecule has 3 aromatic heterocycles. The van der Waals surface area contributed by atoms with Gasteiger partial charge in [-0.3, -0.25) is 19.7 Å². The summed E-state index contributed by atoms with van der Waals surface area (Å²) in [5.74, 6) is 0.648. The number of anilines is 1. The maximum absolute atomic E-state index is 12.5. The topological polar surface area (TPSA) is 83.9 Å². The van der Waals surface area contributed by atoms with Crippen molar-refractivity contribution in [3.05, 3.63) is 43.1 Å². The van der Waals surface area contributed by atoms with Gasteiger partial charge in [-0.25, -0.2) is 4.98 Å². The fourth-order valence-electron chi connectivity index (χ4n) is 3.19. The number of carbonyl (C=O) groups is 1. The van der Waals surface area contributed by atoms with Crippen LogP contribution < -0.4 is 5.32 Å². The Morgan fingerprint density at radius 1 is 1.08 bits per heavy atom. The van der Waals surface area contributed by atoms with Crippen LogP contribution in [0.2, 0.25) is 0 Å². The molecule has 132 valence electrons. The van der Waals surface area contributed by atoms with E-state index in [-0.39, 0.29) is 11.8 Å². The lowest BCUT2D eigenvalue weighted by molar-refractivity contribution is -0.121. The van der Waals surface area contributed by atoms with Crippen LogP contribution in [-0.4, -0.2) is 50.9 Å². The molecule has 4 heterocycles. The van der Waals surface area contributed by atoms with Crippen molar-refractivity contribution in [3.63, 3.8) is 0 Å². The average molecular weight is 348 g/mol. The van der Waals surface area contributed by atoms with Gasteiger partial charge in [-0.2, -0.15) is 0 Å². The van der Waals surface area contributed by atoms with Crippen molar-refractivity contribution in [1.29, 1.82) is 0 Å². The molecule has 1 fully saturated rings. The molecule has 1 amide bonds. The van der Waals surface area contributed by atoms with Crippen LogP contribution in [0.25, 0.3) is 22.2 Å². The monoisotopic (exact) mass is 348 g/mol. The Kier molecular flexibility index (Phi) is 4.53. The molecule has 0 aliphatic carbocycles. The van der Waals surface area contributed by atoms with Crippen molar-refractivity contribution in [2.75, 3.05) is 25.5 Å². The predicted octanol–water partition coefficient (Wildman–Crippen LogP) is 2.37. The molecular weight excluding hydrogens is 328 g/mol. The van der Waals surface area contributed by atoms with E-state index in [9.17, 15) is 4.79 Å². The zero-order valence-electron chi connectivity index (χ0n) is 14.6. The maximum atomic E-state index is 12.5. The van der Waals surface area contributed by atoms with E-state index in [1.165, 1.54) is 0 Å². The fraction of sp³-hybridized carbons (Fsp3) is 0.316. The van der Waals surface area contributed by atoms with Crippen molar-refractivity contribution in [3.8, 4) is 11.3 Å². The van der Waals surface area contributed by atoms with Crippen molar-refractivity contribution < 1.29 is 4.79 Å². The standard InChI is InChI=1S/C19H20N6O/c1-25-6-2-13(3-7-25)19(26)24-18-9-14-8-15(10-22-17(14)12-23-18)16-11-20-4-5-21-16/h4-5,8-13H,2-3,6-7H2,1H3,(H,23,24,26). The van der Waals surface area contributed by atoms with Gasteiger partial charge in [0.2, 0.25) is 5.91 Å². The summed E-state index contributed by atoms with van der Waals surface area (Å²) in [6, 6.07) is 3.84. The SMILES string of the molecule is CN1CCC(C(=O)Nc2cc3cc(-c4cnccn4)cnc3cn2)CC1. The minimum Gasteiger partial charge on any atom is -0.310 e. The van der Waals surface area contributed by atoms with Crippen LogP contribution in [-0.2, 0) is 4.79 Å². The first-order chi connectivity index (χ1) is 12.7. The second-order valence-electron chi connectivity index (χ2n) is 6.64. The fourth-order valence-corrected chi connectivity index (χ4v) is 3.19. The van der Waals surface area contributed by atoms with Crippen LogP contribution >= 0.6 is 0 Å². The summed E-state index contributed by atoms with van der Waals surface area (Å²) in [4.78, 5) is 31.9. The van der Waals surface area contributed by atoms with Crippen molar-refractivity contribution in [2.24, 2.45) is 5.92 Å². The highest BCUT2D eigenvalue weighted by Crippen LogP contribution is 2.23. The molecule has 0 aromatic carbocycles. The molecule has 0 bridgehead atoms. The molecule has 1 N–H and O–H groups in total. The molecular formula is C19H20N6O. The number of fused-ring (bicyclic) bond motifs is 1. The Morgan fingerprint density at radius 3 is 2.69 bits per heavy atom. The number of aromatic nitrogens is 4. The Bertz CT molecular complexity index is 922. The number of nitrogens with one attached hydrogen (secondary N) is 1. The molecule has 7 heteroatoms. The summed E-state index contributed by atoms with van der Waals surface area (Å²) in [5, 5.41) is 3.86. The van der Waals surface area contributed by atoms with Crippen molar-refractivity contribution >= 4 is 22.6 Å². The van der Waals surface area contributed by atoms with Crippen LogP contribution in [0.1, 0.15) is 12.8 Å². The largest absolute Gasteiger partial charge is 0.310 e. The lowest BCUT2D eigenvalue weighted by Gasteiger charge is -2.27. The minimum absolute atomic E-state index is 0.0444. The van der Waals surface area contributed by atoms with E-state index in [2.05, 4.69) is 37.2 Å². The van der Waals surface area contributed by atoms with Gasteiger partial charge in [0.1, 0.15) is 5.82 Å². The second-order valence-corrected chi connectivity index (χ2v) is 6.64. The van der Waals surface area contributed by atoms with Gasteiger partial charge in [-0.05, 0) is 45.1 Å². The highest BCUT2D eigenvalue weighted by atomic mass is 16.1. The highest BCUT2D eigenvalue weighted by Gasteiger charge is 2.23. The van der Waals surface area contributed by atoms with Gasteiger partial charge in [0.15, 0.2) is 0 Å². The van der Waals surface area contributed by atoms with Gasteiger partial charge in [0, 0.05) is 35.5 Å². The molecule has 1 aliphatic heterocycles. The van der Waals surface area contributed by atoms with E-state index in [0.717, 1.165) is 48.1 Å². The van der Waals surface area contributed by atoms with E-state index < -0.39 is 0 Å². The van der Waals surface area contributed by atoms with Gasteiger partial charge in [0.25, 0.3) is 0 Å². The molecule has 26 heavy (non-hydrogen) atoms. The normalized spacial score (nSPS) is 15.9. The molecule has 3 aromatic rings. The third-order valence-corrected chi connectivity index (χ3v) is 4.77. The summed E-state index contributed by atoms with van der Waals surface area (Å²) in [7, 11) is 2.08. The first kappa shape index (κ1) is 16.5.